The first-order valence-electron chi connectivity index (χ1n) is 7.63. The molecule has 0 amide bonds. The van der Waals surface area contributed by atoms with Gasteiger partial charge in [0.15, 0.2) is 5.58 Å². The zero-order chi connectivity index (χ0) is 19.6. The molecule has 0 fully saturated rings. The van der Waals surface area contributed by atoms with Crippen LogP contribution in [0.3, 0.4) is 0 Å². The summed E-state index contributed by atoms with van der Waals surface area (Å²) in [5, 5.41) is 0.191. The first-order chi connectivity index (χ1) is 12.6. The third kappa shape index (κ3) is 2.81. The predicted molar refractivity (Wildman–Crippen MR) is 87.5 cm³/mol. The van der Waals surface area contributed by atoms with E-state index in [1.807, 2.05) is 0 Å². The minimum Gasteiger partial charge on any atom is -0.455 e. The maximum Gasteiger partial charge on any atom is 0.420 e. The number of rotatable bonds is 0. The Kier molecular flexibility index (Phi) is 3.53. The van der Waals surface area contributed by atoms with Crippen molar-refractivity contribution < 1.29 is 30.8 Å². The molecule has 0 atom stereocenters. The van der Waals surface area contributed by atoms with Crippen LogP contribution in [0.4, 0.5) is 26.3 Å². The van der Waals surface area contributed by atoms with E-state index in [1.165, 1.54) is 18.2 Å². The molecule has 27 heavy (non-hydrogen) atoms. The van der Waals surface area contributed by atoms with Gasteiger partial charge in [0.1, 0.15) is 5.58 Å². The second-order valence-electron chi connectivity index (χ2n) is 6.02. The molecule has 0 N–H and O–H groups in total. The van der Waals surface area contributed by atoms with E-state index in [1.54, 1.807) is 0 Å². The number of fused-ring (bicyclic) bond motifs is 3. The number of halogens is 6. The summed E-state index contributed by atoms with van der Waals surface area (Å²) in [5.41, 5.74) is -3.57. The van der Waals surface area contributed by atoms with Crippen LogP contribution in [0.5, 0.6) is 0 Å². The van der Waals surface area contributed by atoms with Gasteiger partial charge in [-0.3, -0.25) is 4.79 Å². The lowest BCUT2D eigenvalue weighted by atomic mass is 10.0. The normalized spacial score (nSPS) is 13.0. The Labute approximate surface area is 146 Å². The zero-order valence-corrected chi connectivity index (χ0v) is 13.2. The Morgan fingerprint density at radius 1 is 0.741 bits per heavy atom. The van der Waals surface area contributed by atoms with Crippen molar-refractivity contribution in [3.8, 4) is 0 Å². The lowest BCUT2D eigenvalue weighted by Crippen LogP contribution is -2.09. The molecule has 1 heterocycles. The van der Waals surface area contributed by atoms with Crippen molar-refractivity contribution >= 4 is 32.7 Å². The van der Waals surface area contributed by atoms with Gasteiger partial charge in [-0.1, -0.05) is 12.1 Å². The minimum absolute atomic E-state index is 0.00548. The molecule has 0 spiro atoms. The zero-order valence-electron chi connectivity index (χ0n) is 13.2. The van der Waals surface area contributed by atoms with E-state index < -0.39 is 34.5 Å². The first-order valence-corrected chi connectivity index (χ1v) is 7.63. The van der Waals surface area contributed by atoms with Crippen LogP contribution in [-0.2, 0) is 12.4 Å². The number of hydrogen-bond donors (Lipinski definition) is 0. The molecule has 1 aromatic heterocycles. The number of benzene rings is 3. The highest BCUT2D eigenvalue weighted by Gasteiger charge is 2.34. The molecule has 3 aromatic carbocycles. The summed E-state index contributed by atoms with van der Waals surface area (Å²) in [6, 6.07) is 8.49. The van der Waals surface area contributed by atoms with Crippen LogP contribution >= 0.6 is 0 Å². The number of alkyl halides is 6. The summed E-state index contributed by atoms with van der Waals surface area (Å²) in [7, 11) is 0. The largest absolute Gasteiger partial charge is 0.455 e. The van der Waals surface area contributed by atoms with Crippen molar-refractivity contribution in [1.29, 1.82) is 0 Å². The van der Waals surface area contributed by atoms with E-state index >= 15 is 0 Å². The van der Waals surface area contributed by atoms with Gasteiger partial charge in [-0.2, -0.15) is 26.3 Å². The summed E-state index contributed by atoms with van der Waals surface area (Å²) in [5.74, 6) is 0. The third-order valence-corrected chi connectivity index (χ3v) is 4.29. The number of hydrogen-bond acceptors (Lipinski definition) is 2. The third-order valence-electron chi connectivity index (χ3n) is 4.29. The van der Waals surface area contributed by atoms with Gasteiger partial charge in [-0.15, -0.1) is 0 Å². The Hall–Kier alpha value is -3.03. The van der Waals surface area contributed by atoms with Gasteiger partial charge in [0, 0.05) is 0 Å². The Morgan fingerprint density at radius 2 is 1.48 bits per heavy atom. The van der Waals surface area contributed by atoms with E-state index in [0.29, 0.717) is 5.39 Å². The molecule has 0 bridgehead atoms. The minimum atomic E-state index is -4.75. The standard InChI is InChI=1S/C19H8F6O2/c20-18(21,22)11-5-4-9-7-13-15(8-10(9)6-11)27-17-12(16(13)26)2-1-3-14(17)19(23,24)25/h1-8H. The van der Waals surface area contributed by atoms with Crippen molar-refractivity contribution in [2.45, 2.75) is 12.4 Å². The maximum atomic E-state index is 13.2. The molecule has 0 aliphatic rings. The molecule has 0 saturated carbocycles. The second kappa shape index (κ2) is 5.48. The average Bonchev–Trinajstić information content (AvgIpc) is 2.58. The summed E-state index contributed by atoms with van der Waals surface area (Å²) in [4.78, 5) is 12.6. The highest BCUT2D eigenvalue weighted by atomic mass is 19.4. The molecule has 0 radical (unpaired) electrons. The van der Waals surface area contributed by atoms with Gasteiger partial charge in [0.05, 0.1) is 21.9 Å². The van der Waals surface area contributed by atoms with E-state index in [4.69, 9.17) is 4.42 Å². The Balaban J connectivity index is 2.11. The molecule has 0 unspecified atom stereocenters. The molecular weight excluding hydrogens is 374 g/mol. The molecule has 0 aliphatic heterocycles. The molecule has 138 valence electrons. The van der Waals surface area contributed by atoms with Crippen molar-refractivity contribution in [2.75, 3.05) is 0 Å². The van der Waals surface area contributed by atoms with E-state index in [0.717, 1.165) is 30.3 Å². The van der Waals surface area contributed by atoms with Crippen molar-refractivity contribution in [1.82, 2.24) is 0 Å². The molecule has 0 aliphatic carbocycles. The Morgan fingerprint density at radius 3 is 2.15 bits per heavy atom. The summed E-state index contributed by atoms with van der Waals surface area (Å²) >= 11 is 0. The smallest absolute Gasteiger partial charge is 0.420 e. The monoisotopic (exact) mass is 382 g/mol. The molecule has 2 nitrogen and oxygen atoms in total. The van der Waals surface area contributed by atoms with Gasteiger partial charge < -0.3 is 4.42 Å². The van der Waals surface area contributed by atoms with Crippen LogP contribution in [0.25, 0.3) is 32.7 Å². The fraction of sp³-hybridized carbons (Fsp3) is 0.105. The maximum absolute atomic E-state index is 13.2. The predicted octanol–water partition coefficient (Wildman–Crippen LogP) is 6.14. The second-order valence-corrected chi connectivity index (χ2v) is 6.02. The van der Waals surface area contributed by atoms with Gasteiger partial charge in [-0.25, -0.2) is 0 Å². The van der Waals surface area contributed by atoms with Crippen LogP contribution in [0.2, 0.25) is 0 Å². The fourth-order valence-electron chi connectivity index (χ4n) is 3.02. The van der Waals surface area contributed by atoms with Crippen molar-refractivity contribution in [3.05, 3.63) is 69.9 Å². The topological polar surface area (TPSA) is 30.2 Å². The molecule has 0 saturated heterocycles. The average molecular weight is 382 g/mol. The SMILES string of the molecule is O=c1c2cc3ccc(C(F)(F)F)cc3cc2oc2c(C(F)(F)F)cccc12. The lowest BCUT2D eigenvalue weighted by Gasteiger charge is -2.11. The van der Waals surface area contributed by atoms with E-state index in [2.05, 4.69) is 0 Å². The first kappa shape index (κ1) is 17.4. The van der Waals surface area contributed by atoms with Gasteiger partial charge in [-0.05, 0) is 47.2 Å². The lowest BCUT2D eigenvalue weighted by molar-refractivity contribution is -0.138. The van der Waals surface area contributed by atoms with Crippen LogP contribution < -0.4 is 5.43 Å². The van der Waals surface area contributed by atoms with Crippen LogP contribution in [0.15, 0.2) is 57.7 Å². The summed E-state index contributed by atoms with van der Waals surface area (Å²) < 4.78 is 83.6. The van der Waals surface area contributed by atoms with Crippen LogP contribution in [0.1, 0.15) is 11.1 Å². The molecular formula is C19H8F6O2. The Bertz CT molecular complexity index is 1270. The quantitative estimate of drug-likeness (QED) is 0.270. The fourth-order valence-corrected chi connectivity index (χ4v) is 3.02. The van der Waals surface area contributed by atoms with Crippen molar-refractivity contribution in [2.24, 2.45) is 0 Å². The summed E-state index contributed by atoms with van der Waals surface area (Å²) in [6.07, 6.45) is -9.32. The number of para-hydroxylation sites is 1. The molecule has 8 heteroatoms. The van der Waals surface area contributed by atoms with E-state index in [9.17, 15) is 31.1 Å². The van der Waals surface area contributed by atoms with Gasteiger partial charge in [0.25, 0.3) is 0 Å². The molecule has 4 rings (SSSR count). The van der Waals surface area contributed by atoms with Crippen LogP contribution in [0, 0.1) is 0 Å². The van der Waals surface area contributed by atoms with E-state index in [-0.39, 0.29) is 21.7 Å². The van der Waals surface area contributed by atoms with Gasteiger partial charge in [0.2, 0.25) is 5.43 Å². The van der Waals surface area contributed by atoms with Crippen molar-refractivity contribution in [3.63, 3.8) is 0 Å². The summed E-state index contributed by atoms with van der Waals surface area (Å²) in [6.45, 7) is 0. The highest BCUT2D eigenvalue weighted by Crippen LogP contribution is 2.36. The van der Waals surface area contributed by atoms with Gasteiger partial charge >= 0.3 is 12.4 Å². The highest BCUT2D eigenvalue weighted by molar-refractivity contribution is 6.00. The van der Waals surface area contributed by atoms with Crippen LogP contribution in [-0.4, -0.2) is 0 Å². The molecule has 4 aromatic rings.